The first-order valence-electron chi connectivity index (χ1n) is 26.2. The molecule has 0 atom stereocenters. The molecule has 0 N–H and O–H groups in total. The van der Waals surface area contributed by atoms with Crippen LogP contribution in [0.3, 0.4) is 0 Å². The van der Waals surface area contributed by atoms with Crippen LogP contribution in [-0.4, -0.2) is 48.9 Å². The Kier molecular flexibility index (Phi) is 25.0. The van der Waals surface area contributed by atoms with Gasteiger partial charge in [0.05, 0.1) is 14.2 Å². The van der Waals surface area contributed by atoms with E-state index in [9.17, 15) is 14.4 Å². The number of rotatable bonds is 16. The largest absolute Gasteiger partial charge is 0.519 e. The number of hydrogen-bond donors (Lipinski definition) is 0. The van der Waals surface area contributed by atoms with Crippen LogP contribution in [0.4, 0.5) is 4.79 Å². The molecule has 0 aliphatic rings. The van der Waals surface area contributed by atoms with Crippen LogP contribution in [0.15, 0.2) is 152 Å². The van der Waals surface area contributed by atoms with E-state index in [0.29, 0.717) is 23.0 Å². The molecule has 6 rings (SSSR count). The Morgan fingerprint density at radius 1 is 0.434 bits per heavy atom. The highest BCUT2D eigenvalue weighted by Gasteiger charge is 2.32. The third-order valence-corrected chi connectivity index (χ3v) is 20.0. The molecular formula is C64H86O10Si2. The van der Waals surface area contributed by atoms with E-state index in [-0.39, 0.29) is 28.2 Å². The Morgan fingerprint density at radius 3 is 1.20 bits per heavy atom. The van der Waals surface area contributed by atoms with Crippen molar-refractivity contribution in [1.82, 2.24) is 0 Å². The van der Waals surface area contributed by atoms with Gasteiger partial charge in [0.15, 0.2) is 16.6 Å². The first kappa shape index (κ1) is 63.8. The number of benzene rings is 6. The summed E-state index contributed by atoms with van der Waals surface area (Å²) in [7, 11) is 0.451. The molecule has 0 amide bonds. The van der Waals surface area contributed by atoms with Crippen molar-refractivity contribution in [3.05, 3.63) is 179 Å². The molecule has 0 aromatic heterocycles. The summed E-state index contributed by atoms with van der Waals surface area (Å²) in [6.45, 7) is 31.7. The molecule has 6 aromatic carbocycles. The standard InChI is InChI=1S/C28H30O5.C17H32O2Si2.C11H16O.C8H8O2/c1-19(29)31-23-15-9-21(10-16-23)28(5,6)22-11-17-25(18-12-22)33-26(30)32-24-13-7-20(8-14-24)27(2,3)4;1-7-14-20(3,4)19-21(5,6)15-10-12-16-11-8-9-13-17(16)18-2;1-11(2,3)9-5-7-10(12-4)8-6-9;1-7(9)10-8-5-3-2-4-6-8/h7-18H,1-6H3;8-9,11,13H,7,10,12,14-15H2,1-6H3;5-8H,1-4H3;2-6H,1H3. The highest BCUT2D eigenvalue weighted by atomic mass is 28.4. The first-order valence-corrected chi connectivity index (χ1v) is 32.4. The molecule has 0 heterocycles. The van der Waals surface area contributed by atoms with Crippen molar-refractivity contribution in [2.75, 3.05) is 14.2 Å². The molecule has 76 heavy (non-hydrogen) atoms. The predicted molar refractivity (Wildman–Crippen MR) is 315 cm³/mol. The molecule has 410 valence electrons. The molecular weight excluding hydrogens is 985 g/mol. The minimum absolute atomic E-state index is 0.0267. The summed E-state index contributed by atoms with van der Waals surface area (Å²) in [5.74, 6) is 3.23. The summed E-state index contributed by atoms with van der Waals surface area (Å²) in [5, 5.41) is 0. The van der Waals surface area contributed by atoms with E-state index in [1.54, 1.807) is 62.8 Å². The molecule has 0 saturated heterocycles. The Labute approximate surface area is 457 Å². The zero-order chi connectivity index (χ0) is 56.7. The third kappa shape index (κ3) is 23.2. The third-order valence-electron chi connectivity index (χ3n) is 12.3. The van der Waals surface area contributed by atoms with Crippen molar-refractivity contribution in [2.24, 2.45) is 0 Å². The summed E-state index contributed by atoms with van der Waals surface area (Å²) < 4.78 is 37.6. The maximum Gasteiger partial charge on any atom is 0.519 e. The number of hydrogen-bond acceptors (Lipinski definition) is 10. The fraction of sp³-hybridized carbons (Fsp3) is 0.391. The van der Waals surface area contributed by atoms with Gasteiger partial charge in [0.2, 0.25) is 0 Å². The average molecular weight is 1070 g/mol. The zero-order valence-electron chi connectivity index (χ0n) is 48.6. The van der Waals surface area contributed by atoms with Crippen LogP contribution in [0.1, 0.15) is 117 Å². The lowest BCUT2D eigenvalue weighted by Gasteiger charge is -2.34. The summed E-state index contributed by atoms with van der Waals surface area (Å²) in [4.78, 5) is 33.7. The molecule has 0 saturated carbocycles. The van der Waals surface area contributed by atoms with Gasteiger partial charge in [-0.3, -0.25) is 9.59 Å². The molecule has 0 fully saturated rings. The molecule has 0 spiro atoms. The van der Waals surface area contributed by atoms with Crippen LogP contribution >= 0.6 is 0 Å². The number of carbonyl (C=O) groups is 3. The molecule has 0 unspecified atom stereocenters. The van der Waals surface area contributed by atoms with Gasteiger partial charge < -0.3 is 32.5 Å². The van der Waals surface area contributed by atoms with Crippen molar-refractivity contribution >= 4 is 34.7 Å². The zero-order valence-corrected chi connectivity index (χ0v) is 50.6. The lowest BCUT2D eigenvalue weighted by molar-refractivity contribution is -0.132. The van der Waals surface area contributed by atoms with Gasteiger partial charge in [0.1, 0.15) is 34.5 Å². The van der Waals surface area contributed by atoms with Gasteiger partial charge >= 0.3 is 18.1 Å². The Balaban J connectivity index is 0.000000299. The van der Waals surface area contributed by atoms with E-state index in [4.69, 9.17) is 32.5 Å². The van der Waals surface area contributed by atoms with E-state index >= 15 is 0 Å². The summed E-state index contributed by atoms with van der Waals surface area (Å²) in [5.41, 5.74) is 5.86. The average Bonchev–Trinajstić information content (AvgIpc) is 3.34. The lowest BCUT2D eigenvalue weighted by Crippen LogP contribution is -2.44. The quantitative estimate of drug-likeness (QED) is 0.0401. The van der Waals surface area contributed by atoms with Gasteiger partial charge in [-0.1, -0.05) is 154 Å². The second-order valence-electron chi connectivity index (χ2n) is 22.4. The van der Waals surface area contributed by atoms with E-state index in [1.165, 1.54) is 49.9 Å². The topological polar surface area (TPSA) is 116 Å². The number of esters is 2. The number of carbonyl (C=O) groups excluding carboxylic acids is 3. The van der Waals surface area contributed by atoms with E-state index in [2.05, 4.69) is 113 Å². The molecule has 0 radical (unpaired) electrons. The molecule has 10 nitrogen and oxygen atoms in total. The Bertz CT molecular complexity index is 2670. The Hall–Kier alpha value is -6.48. The van der Waals surface area contributed by atoms with Crippen LogP contribution in [-0.2, 0) is 36.4 Å². The van der Waals surface area contributed by atoms with Crippen LogP contribution in [0, 0.1) is 0 Å². The van der Waals surface area contributed by atoms with Gasteiger partial charge in [-0.25, -0.2) is 4.79 Å². The minimum Gasteiger partial charge on any atom is -0.497 e. The maximum atomic E-state index is 12.2. The van der Waals surface area contributed by atoms with Crippen molar-refractivity contribution in [1.29, 1.82) is 0 Å². The number of aryl methyl sites for hydroxylation is 1. The van der Waals surface area contributed by atoms with E-state index in [1.807, 2.05) is 78.9 Å². The number of ether oxygens (including phenoxy) is 6. The van der Waals surface area contributed by atoms with Crippen LogP contribution in [0.5, 0.6) is 34.5 Å². The number of methoxy groups -OCH3 is 2. The van der Waals surface area contributed by atoms with Gasteiger partial charge in [-0.15, -0.1) is 0 Å². The molecule has 0 aliphatic carbocycles. The maximum absolute atomic E-state index is 12.2. The second-order valence-corrected chi connectivity index (χ2v) is 31.3. The van der Waals surface area contributed by atoms with Crippen LogP contribution < -0.4 is 28.4 Å². The highest BCUT2D eigenvalue weighted by molar-refractivity contribution is 6.84. The second kappa shape index (κ2) is 29.7. The SMILES string of the molecule is CC(=O)Oc1ccc(C(C)(C)c2ccc(OC(=O)Oc3ccc(C(C)(C)C)cc3)cc2)cc1.CC(=O)Oc1ccccc1.CCC[Si](C)(C)O[Si](C)(C)CCCc1ccccc1OC.COc1ccc(C(C)(C)C)cc1. The summed E-state index contributed by atoms with van der Waals surface area (Å²) >= 11 is 0. The van der Waals surface area contributed by atoms with Crippen molar-refractivity contribution in [2.45, 2.75) is 150 Å². The van der Waals surface area contributed by atoms with Gasteiger partial charge in [0.25, 0.3) is 0 Å². The van der Waals surface area contributed by atoms with E-state index in [0.717, 1.165) is 34.6 Å². The minimum atomic E-state index is -1.54. The van der Waals surface area contributed by atoms with Crippen molar-refractivity contribution in [3.8, 4) is 34.5 Å². The van der Waals surface area contributed by atoms with Gasteiger partial charge in [-0.2, -0.15) is 0 Å². The van der Waals surface area contributed by atoms with Gasteiger partial charge in [-0.05, 0) is 156 Å². The summed E-state index contributed by atoms with van der Waals surface area (Å²) in [6.07, 6.45) is 2.73. The van der Waals surface area contributed by atoms with Gasteiger partial charge in [0, 0.05) is 19.3 Å². The van der Waals surface area contributed by atoms with Crippen LogP contribution in [0.2, 0.25) is 38.3 Å². The molecule has 0 aliphatic heterocycles. The van der Waals surface area contributed by atoms with E-state index < -0.39 is 22.8 Å². The monoisotopic (exact) mass is 1070 g/mol. The fourth-order valence-corrected chi connectivity index (χ4v) is 17.3. The molecule has 12 heteroatoms. The molecule has 0 bridgehead atoms. The van der Waals surface area contributed by atoms with Crippen molar-refractivity contribution in [3.63, 3.8) is 0 Å². The Morgan fingerprint density at radius 2 is 0.803 bits per heavy atom. The smallest absolute Gasteiger partial charge is 0.497 e. The number of para-hydroxylation sites is 2. The molecule has 6 aromatic rings. The predicted octanol–water partition coefficient (Wildman–Crippen LogP) is 16.9. The lowest BCUT2D eigenvalue weighted by atomic mass is 9.78. The fourth-order valence-electron chi connectivity index (χ4n) is 8.26. The summed E-state index contributed by atoms with van der Waals surface area (Å²) in [6, 6.07) is 50.2. The van der Waals surface area contributed by atoms with Crippen molar-refractivity contribution < 1.29 is 46.9 Å². The highest BCUT2D eigenvalue weighted by Crippen LogP contribution is 2.34. The normalized spacial score (nSPS) is 11.4. The van der Waals surface area contributed by atoms with Crippen LogP contribution in [0.25, 0.3) is 0 Å². The first-order chi connectivity index (χ1) is 35.6.